The largest absolute Gasteiger partial charge is 0.365 e. The van der Waals surface area contributed by atoms with Crippen molar-refractivity contribution in [3.63, 3.8) is 0 Å². The van der Waals surface area contributed by atoms with Crippen molar-refractivity contribution in [2.75, 3.05) is 13.2 Å². The minimum atomic E-state index is -2.54. The van der Waals surface area contributed by atoms with Gasteiger partial charge < -0.3 is 9.57 Å². The quantitative estimate of drug-likeness (QED) is 0.519. The van der Waals surface area contributed by atoms with Gasteiger partial charge in [0.1, 0.15) is 0 Å². The van der Waals surface area contributed by atoms with Crippen LogP contribution in [0.2, 0.25) is 0 Å². The number of hydrogen-bond acceptors (Lipinski definition) is 5. The fourth-order valence-corrected chi connectivity index (χ4v) is 2.34. The molecule has 0 saturated carbocycles. The van der Waals surface area contributed by atoms with Crippen LogP contribution in [0.5, 0.6) is 0 Å². The smallest absolute Gasteiger partial charge is 0.329 e. The van der Waals surface area contributed by atoms with Crippen LogP contribution in [0, 0.1) is 0 Å². The molecule has 0 bridgehead atoms. The lowest BCUT2D eigenvalue weighted by atomic mass is 10.2. The Morgan fingerprint density at radius 3 is 2.89 bits per heavy atom. The lowest BCUT2D eigenvalue weighted by Crippen LogP contribution is -2.70. The predicted octanol–water partition coefficient (Wildman–Crippen LogP) is 0.536. The molecule has 1 unspecified atom stereocenters. The summed E-state index contributed by atoms with van der Waals surface area (Å²) in [4.78, 5) is 38.2. The van der Waals surface area contributed by atoms with E-state index in [0.717, 1.165) is 11.8 Å². The summed E-state index contributed by atoms with van der Waals surface area (Å²) < 4.78 is 19.4. The standard InChI is InChI=1S/C9H10BrFN2O5/c1-5(14)18-13-7(15)6(10)9(11)12(8(13)16)3-2-4-17-9/h6H,2-4H2,1H3/t6-,9?/m1/s1. The van der Waals surface area contributed by atoms with E-state index in [1.165, 1.54) is 0 Å². The molecule has 18 heavy (non-hydrogen) atoms. The van der Waals surface area contributed by atoms with Gasteiger partial charge in [-0.15, -0.1) is 0 Å². The number of halogens is 2. The van der Waals surface area contributed by atoms with E-state index in [0.29, 0.717) is 6.42 Å². The summed E-state index contributed by atoms with van der Waals surface area (Å²) in [7, 11) is 0. The van der Waals surface area contributed by atoms with Crippen molar-refractivity contribution in [2.45, 2.75) is 24.2 Å². The number of urea groups is 1. The van der Waals surface area contributed by atoms with Crippen molar-refractivity contribution in [1.29, 1.82) is 0 Å². The van der Waals surface area contributed by atoms with Crippen LogP contribution in [0.15, 0.2) is 0 Å². The molecule has 0 aromatic carbocycles. The molecular weight excluding hydrogens is 315 g/mol. The van der Waals surface area contributed by atoms with Crippen LogP contribution in [-0.4, -0.2) is 51.8 Å². The van der Waals surface area contributed by atoms with Gasteiger partial charge in [-0.1, -0.05) is 21.0 Å². The van der Waals surface area contributed by atoms with Gasteiger partial charge in [0.25, 0.3) is 5.91 Å². The molecule has 0 radical (unpaired) electrons. The maximum atomic E-state index is 14.5. The fourth-order valence-electron chi connectivity index (χ4n) is 1.78. The predicted molar refractivity (Wildman–Crippen MR) is 57.8 cm³/mol. The average Bonchev–Trinajstić information content (AvgIpc) is 2.32. The Hall–Kier alpha value is -1.22. The first kappa shape index (κ1) is 13.2. The Balaban J connectivity index is 2.32. The summed E-state index contributed by atoms with van der Waals surface area (Å²) in [6, 6.07) is -1.05. The van der Waals surface area contributed by atoms with Gasteiger partial charge in [-0.05, 0) is 6.42 Å². The number of amides is 3. The van der Waals surface area contributed by atoms with Gasteiger partial charge in [0.15, 0.2) is 4.83 Å². The second-order valence-electron chi connectivity index (χ2n) is 3.82. The summed E-state index contributed by atoms with van der Waals surface area (Å²) >= 11 is 2.83. The van der Waals surface area contributed by atoms with Crippen LogP contribution in [0.4, 0.5) is 9.18 Å². The molecule has 2 saturated heterocycles. The van der Waals surface area contributed by atoms with Crippen LogP contribution in [-0.2, 0) is 19.2 Å². The molecule has 0 aliphatic carbocycles. The van der Waals surface area contributed by atoms with E-state index in [2.05, 4.69) is 20.8 Å². The molecule has 3 amide bonds. The van der Waals surface area contributed by atoms with Crippen molar-refractivity contribution in [2.24, 2.45) is 0 Å². The summed E-state index contributed by atoms with van der Waals surface area (Å²) in [6.45, 7) is 1.21. The second-order valence-corrected chi connectivity index (χ2v) is 4.74. The molecular formula is C9H10BrFN2O5. The van der Waals surface area contributed by atoms with E-state index in [1.807, 2.05) is 0 Å². The van der Waals surface area contributed by atoms with Crippen LogP contribution in [0.1, 0.15) is 13.3 Å². The number of rotatable bonds is 1. The van der Waals surface area contributed by atoms with Crippen molar-refractivity contribution in [3.8, 4) is 0 Å². The lowest BCUT2D eigenvalue weighted by molar-refractivity contribution is -0.269. The van der Waals surface area contributed by atoms with Crippen LogP contribution < -0.4 is 0 Å². The Morgan fingerprint density at radius 2 is 2.28 bits per heavy atom. The van der Waals surface area contributed by atoms with E-state index in [-0.39, 0.29) is 18.2 Å². The minimum absolute atomic E-state index is 0.0719. The highest BCUT2D eigenvalue weighted by molar-refractivity contribution is 9.10. The molecule has 9 heteroatoms. The minimum Gasteiger partial charge on any atom is -0.329 e. The first-order chi connectivity index (χ1) is 8.38. The number of ether oxygens (including phenoxy) is 1. The van der Waals surface area contributed by atoms with Crippen molar-refractivity contribution in [1.82, 2.24) is 9.96 Å². The van der Waals surface area contributed by atoms with Gasteiger partial charge in [-0.3, -0.25) is 9.69 Å². The zero-order valence-electron chi connectivity index (χ0n) is 9.39. The van der Waals surface area contributed by atoms with Gasteiger partial charge >= 0.3 is 18.0 Å². The summed E-state index contributed by atoms with van der Waals surface area (Å²) in [5, 5.41) is 0.244. The molecule has 0 aromatic rings. The van der Waals surface area contributed by atoms with Crippen LogP contribution in [0.25, 0.3) is 0 Å². The van der Waals surface area contributed by atoms with Gasteiger partial charge in [-0.2, -0.15) is 4.39 Å². The SMILES string of the molecule is CC(=O)ON1C(=O)[C@@H](Br)C2(F)OCCCN2C1=O. The van der Waals surface area contributed by atoms with Gasteiger partial charge in [0, 0.05) is 13.5 Å². The Labute approximate surface area is 110 Å². The second kappa shape index (κ2) is 4.47. The van der Waals surface area contributed by atoms with Crippen molar-refractivity contribution < 1.29 is 28.3 Å². The number of carbonyl (C=O) groups excluding carboxylic acids is 3. The van der Waals surface area contributed by atoms with Crippen LogP contribution in [0.3, 0.4) is 0 Å². The molecule has 0 spiro atoms. The molecule has 100 valence electrons. The highest BCUT2D eigenvalue weighted by Crippen LogP contribution is 2.37. The normalized spacial score (nSPS) is 32.3. The number of imide groups is 1. The molecule has 2 heterocycles. The first-order valence-corrected chi connectivity index (χ1v) is 6.10. The highest BCUT2D eigenvalue weighted by Gasteiger charge is 2.60. The monoisotopic (exact) mass is 324 g/mol. The van der Waals surface area contributed by atoms with Crippen molar-refractivity contribution in [3.05, 3.63) is 0 Å². The van der Waals surface area contributed by atoms with Gasteiger partial charge in [0.05, 0.1) is 6.61 Å². The van der Waals surface area contributed by atoms with E-state index in [4.69, 9.17) is 4.74 Å². The summed E-state index contributed by atoms with van der Waals surface area (Å²) in [6.07, 6.45) is 0.430. The first-order valence-electron chi connectivity index (χ1n) is 5.19. The zero-order chi connectivity index (χ0) is 13.5. The fraction of sp³-hybridized carbons (Fsp3) is 0.667. The van der Waals surface area contributed by atoms with Gasteiger partial charge in [0.2, 0.25) is 0 Å². The molecule has 2 aliphatic rings. The highest BCUT2D eigenvalue weighted by atomic mass is 79.9. The molecule has 2 fully saturated rings. The number of carbonyl (C=O) groups is 3. The number of hydroxylamine groups is 2. The Morgan fingerprint density at radius 1 is 1.61 bits per heavy atom. The third-order valence-corrected chi connectivity index (χ3v) is 3.51. The van der Waals surface area contributed by atoms with E-state index < -0.39 is 28.7 Å². The molecule has 0 aromatic heterocycles. The molecule has 2 aliphatic heterocycles. The third-order valence-electron chi connectivity index (χ3n) is 2.55. The summed E-state index contributed by atoms with van der Waals surface area (Å²) in [5.74, 6) is -4.40. The molecule has 2 atom stereocenters. The maximum Gasteiger partial charge on any atom is 0.365 e. The van der Waals surface area contributed by atoms with Crippen molar-refractivity contribution >= 4 is 33.8 Å². The van der Waals surface area contributed by atoms with E-state index >= 15 is 0 Å². The Kier molecular flexibility index (Phi) is 3.28. The third kappa shape index (κ3) is 1.87. The maximum absolute atomic E-state index is 14.5. The zero-order valence-corrected chi connectivity index (χ0v) is 11.0. The topological polar surface area (TPSA) is 76.2 Å². The molecule has 0 N–H and O–H groups in total. The van der Waals surface area contributed by atoms with Crippen LogP contribution >= 0.6 is 15.9 Å². The number of nitrogens with zero attached hydrogens (tertiary/aromatic N) is 2. The Bertz CT molecular complexity index is 420. The molecule has 7 nitrogen and oxygen atoms in total. The van der Waals surface area contributed by atoms with E-state index in [9.17, 15) is 18.8 Å². The average molecular weight is 325 g/mol. The lowest BCUT2D eigenvalue weighted by Gasteiger charge is -2.47. The number of fused-ring (bicyclic) bond motifs is 1. The molecule has 2 rings (SSSR count). The number of alkyl halides is 2. The summed E-state index contributed by atoms with van der Waals surface area (Å²) in [5.41, 5.74) is 0. The van der Waals surface area contributed by atoms with E-state index in [1.54, 1.807) is 0 Å². The van der Waals surface area contributed by atoms with Gasteiger partial charge in [-0.25, -0.2) is 9.59 Å². The number of hydrogen-bond donors (Lipinski definition) is 0.